The third-order valence-electron chi connectivity index (χ3n) is 1.84. The molecule has 0 fully saturated rings. The lowest BCUT2D eigenvalue weighted by Crippen LogP contribution is -1.86. The highest BCUT2D eigenvalue weighted by atomic mass is 31.1. The highest BCUT2D eigenvalue weighted by molar-refractivity contribution is 7.57. The molecule has 1 nitrogen and oxygen atoms in total. The number of nitrogens with zero attached hydrogens (tertiary/aromatic N) is 1. The minimum absolute atomic E-state index is 0.0586. The van der Waals surface area contributed by atoms with Crippen molar-refractivity contribution >= 4 is 13.3 Å². The fourth-order valence-electron chi connectivity index (χ4n) is 1.04. The monoisotopic (exact) mass is 184 g/mol. The molecule has 0 unspecified atom stereocenters. The lowest BCUT2D eigenvalue weighted by molar-refractivity contribution is 0.873. The molecule has 0 aliphatic rings. The van der Waals surface area contributed by atoms with Crippen molar-refractivity contribution < 1.29 is 0 Å². The van der Waals surface area contributed by atoms with Crippen LogP contribution in [0.3, 0.4) is 0 Å². The molecule has 12 heavy (non-hydrogen) atoms. The molecule has 0 aliphatic carbocycles. The molecule has 0 aromatic carbocycles. The molecule has 0 rings (SSSR count). The van der Waals surface area contributed by atoms with Crippen LogP contribution < -0.4 is 0 Å². The maximum atomic E-state index is 8.55. The summed E-state index contributed by atoms with van der Waals surface area (Å²) < 4.78 is 0. The Hall–Kier alpha value is -0.340. The van der Waals surface area contributed by atoms with Gasteiger partial charge in [-0.2, -0.15) is 5.26 Å². The van der Waals surface area contributed by atoms with Crippen LogP contribution >= 0.6 is 7.55 Å². The van der Waals surface area contributed by atoms with Crippen molar-refractivity contribution in [2.75, 3.05) is 12.3 Å². The van der Waals surface area contributed by atoms with Crippen LogP contribution in [0.5, 0.6) is 0 Å². The van der Waals surface area contributed by atoms with E-state index in [1.54, 1.807) is 0 Å². The van der Waals surface area contributed by atoms with Gasteiger partial charge in [0.2, 0.25) is 0 Å². The standard InChI is InChI=1S/C10H19NP/c1-3-5-8-12(10-7-11)9-6-4-2/h10H,3-6,8-9H2,1-2H3/q+1. The van der Waals surface area contributed by atoms with Gasteiger partial charge in [0.05, 0.1) is 0 Å². The van der Waals surface area contributed by atoms with Crippen molar-refractivity contribution in [2.45, 2.75) is 39.5 Å². The first-order valence-corrected chi connectivity index (χ1v) is 6.60. The fraction of sp³-hybridized carbons (Fsp3) is 0.800. The summed E-state index contributed by atoms with van der Waals surface area (Å²) in [5.41, 5.74) is 0. The molecule has 68 valence electrons. The Labute approximate surface area is 77.2 Å². The van der Waals surface area contributed by atoms with Gasteiger partial charge in [0.15, 0.2) is 5.80 Å². The third-order valence-corrected chi connectivity index (χ3v) is 4.10. The predicted molar refractivity (Wildman–Crippen MR) is 58.1 cm³/mol. The first kappa shape index (κ1) is 11.7. The summed E-state index contributed by atoms with van der Waals surface area (Å²) >= 11 is 0. The van der Waals surface area contributed by atoms with Gasteiger partial charge in [0, 0.05) is 0 Å². The molecule has 0 saturated carbocycles. The quantitative estimate of drug-likeness (QED) is 0.580. The molecule has 0 spiro atoms. The van der Waals surface area contributed by atoms with Gasteiger partial charge in [-0.15, -0.1) is 0 Å². The molecule has 0 N–H and O–H groups in total. The van der Waals surface area contributed by atoms with Crippen molar-refractivity contribution in [3.8, 4) is 6.07 Å². The number of hydrogen-bond acceptors (Lipinski definition) is 1. The molecule has 0 aromatic heterocycles. The van der Waals surface area contributed by atoms with Crippen LogP contribution in [0, 0.1) is 11.3 Å². The summed E-state index contributed by atoms with van der Waals surface area (Å²) in [4.78, 5) is 0. The largest absolute Gasteiger partial charge is 0.189 e. The van der Waals surface area contributed by atoms with E-state index < -0.39 is 0 Å². The molecule has 0 aliphatic heterocycles. The highest BCUT2D eigenvalue weighted by Gasteiger charge is 2.07. The van der Waals surface area contributed by atoms with E-state index in [4.69, 9.17) is 5.26 Å². The van der Waals surface area contributed by atoms with E-state index in [0.29, 0.717) is 0 Å². The van der Waals surface area contributed by atoms with Gasteiger partial charge in [0.25, 0.3) is 0 Å². The van der Waals surface area contributed by atoms with E-state index in [-0.39, 0.29) is 7.55 Å². The van der Waals surface area contributed by atoms with Crippen molar-refractivity contribution in [1.29, 1.82) is 5.26 Å². The van der Waals surface area contributed by atoms with Crippen molar-refractivity contribution in [1.82, 2.24) is 0 Å². The summed E-state index contributed by atoms with van der Waals surface area (Å²) in [7, 11) is -0.0586. The second-order valence-corrected chi connectivity index (χ2v) is 5.33. The van der Waals surface area contributed by atoms with Crippen LogP contribution in [-0.4, -0.2) is 18.1 Å². The number of hydrogen-bond donors (Lipinski definition) is 0. The number of rotatable bonds is 6. The van der Waals surface area contributed by atoms with Crippen LogP contribution in [0.4, 0.5) is 0 Å². The van der Waals surface area contributed by atoms with Gasteiger partial charge >= 0.3 is 0 Å². The van der Waals surface area contributed by atoms with E-state index >= 15 is 0 Å². The van der Waals surface area contributed by atoms with Crippen LogP contribution in [0.25, 0.3) is 0 Å². The first-order valence-electron chi connectivity index (χ1n) is 4.82. The maximum Gasteiger partial charge on any atom is 0.184 e. The average Bonchev–Trinajstić information content (AvgIpc) is 2.10. The zero-order valence-corrected chi connectivity index (χ0v) is 9.11. The van der Waals surface area contributed by atoms with Crippen molar-refractivity contribution in [3.63, 3.8) is 0 Å². The average molecular weight is 184 g/mol. The normalized spacial score (nSPS) is 9.08. The molecule has 0 amide bonds. The topological polar surface area (TPSA) is 23.8 Å². The molecular weight excluding hydrogens is 165 g/mol. The predicted octanol–water partition coefficient (Wildman–Crippen LogP) is 3.39. The van der Waals surface area contributed by atoms with E-state index in [9.17, 15) is 0 Å². The lowest BCUT2D eigenvalue weighted by atomic mass is 10.4. The molecule has 0 aromatic rings. The second-order valence-electron chi connectivity index (χ2n) is 3.00. The van der Waals surface area contributed by atoms with Crippen LogP contribution in [0.1, 0.15) is 39.5 Å². The minimum atomic E-state index is -0.0586. The van der Waals surface area contributed by atoms with Crippen molar-refractivity contribution in [2.24, 2.45) is 0 Å². The number of unbranched alkanes of at least 4 members (excludes halogenated alkanes) is 2. The Bertz CT molecular complexity index is 157. The molecule has 0 heterocycles. The summed E-state index contributed by atoms with van der Waals surface area (Å²) in [6.07, 6.45) is 7.61. The van der Waals surface area contributed by atoms with Gasteiger partial charge < -0.3 is 0 Å². The van der Waals surface area contributed by atoms with Gasteiger partial charge in [-0.25, -0.2) is 0 Å². The van der Waals surface area contributed by atoms with Gasteiger partial charge in [-0.05, 0) is 12.8 Å². The summed E-state index contributed by atoms with van der Waals surface area (Å²) in [6, 6.07) is 2.19. The SMILES string of the molecule is CCCC[P+](=CC#N)CCCC. The smallest absolute Gasteiger partial charge is 0.184 e. The van der Waals surface area contributed by atoms with E-state index in [0.717, 1.165) is 0 Å². The van der Waals surface area contributed by atoms with Crippen LogP contribution in [0.2, 0.25) is 0 Å². The van der Waals surface area contributed by atoms with Crippen molar-refractivity contribution in [3.05, 3.63) is 0 Å². The van der Waals surface area contributed by atoms with Crippen LogP contribution in [0.15, 0.2) is 0 Å². The zero-order valence-electron chi connectivity index (χ0n) is 8.21. The summed E-state index contributed by atoms with van der Waals surface area (Å²) in [5.74, 6) is 1.88. The van der Waals surface area contributed by atoms with E-state index in [2.05, 4.69) is 19.9 Å². The molecular formula is C10H19NP+. The Kier molecular flexibility index (Phi) is 8.51. The van der Waals surface area contributed by atoms with E-state index in [1.807, 2.05) is 5.80 Å². The Balaban J connectivity index is 3.72. The Morgan fingerprint density at radius 2 is 1.67 bits per heavy atom. The second kappa shape index (κ2) is 8.75. The van der Waals surface area contributed by atoms with Gasteiger partial charge in [0.1, 0.15) is 25.9 Å². The Morgan fingerprint density at radius 1 is 1.17 bits per heavy atom. The van der Waals surface area contributed by atoms with E-state index in [1.165, 1.54) is 38.0 Å². The first-order chi connectivity index (χ1) is 5.85. The van der Waals surface area contributed by atoms with Gasteiger partial charge in [-0.1, -0.05) is 26.7 Å². The molecule has 2 heteroatoms. The lowest BCUT2D eigenvalue weighted by Gasteiger charge is -1.92. The summed E-state index contributed by atoms with van der Waals surface area (Å²) in [5, 5.41) is 8.55. The van der Waals surface area contributed by atoms with Crippen LogP contribution in [-0.2, 0) is 0 Å². The molecule has 0 atom stereocenters. The highest BCUT2D eigenvalue weighted by Crippen LogP contribution is 2.24. The fourth-order valence-corrected chi connectivity index (χ4v) is 3.13. The molecule has 0 saturated heterocycles. The summed E-state index contributed by atoms with van der Waals surface area (Å²) in [6.45, 7) is 4.42. The minimum Gasteiger partial charge on any atom is -0.189 e. The van der Waals surface area contributed by atoms with Gasteiger partial charge in [-0.3, -0.25) is 0 Å². The molecule has 0 bridgehead atoms. The maximum absolute atomic E-state index is 8.55. The third kappa shape index (κ3) is 6.38. The molecule has 0 radical (unpaired) electrons. The zero-order chi connectivity index (χ0) is 9.23. The number of nitriles is 1. The Morgan fingerprint density at radius 3 is 2.00 bits per heavy atom.